The molecule has 1 aromatic carbocycles. The number of ether oxygens (including phenoxy) is 1. The van der Waals surface area contributed by atoms with Crippen molar-refractivity contribution in [2.75, 3.05) is 26.7 Å². The lowest BCUT2D eigenvalue weighted by atomic mass is 9.92. The van der Waals surface area contributed by atoms with Crippen molar-refractivity contribution in [2.24, 2.45) is 11.8 Å². The Bertz CT molecular complexity index is 737. The van der Waals surface area contributed by atoms with Gasteiger partial charge in [-0.2, -0.15) is 0 Å². The third-order valence-electron chi connectivity index (χ3n) is 4.20. The highest BCUT2D eigenvalue weighted by Gasteiger charge is 2.26. The van der Waals surface area contributed by atoms with Gasteiger partial charge in [0.25, 0.3) is 5.91 Å². The minimum absolute atomic E-state index is 0.0329. The van der Waals surface area contributed by atoms with Gasteiger partial charge in [0, 0.05) is 13.1 Å². The summed E-state index contributed by atoms with van der Waals surface area (Å²) in [6.07, 6.45) is 1.08. The van der Waals surface area contributed by atoms with E-state index in [2.05, 4.69) is 18.6 Å². The summed E-state index contributed by atoms with van der Waals surface area (Å²) in [5.74, 6) is -0.107. The molecule has 1 aliphatic heterocycles. The predicted octanol–water partition coefficient (Wildman–Crippen LogP) is 1.26. The number of rotatable bonds is 5. The molecule has 0 aromatic heterocycles. The summed E-state index contributed by atoms with van der Waals surface area (Å²) in [5, 5.41) is 0. The second-order valence-electron chi connectivity index (χ2n) is 6.56. The Morgan fingerprint density at radius 2 is 1.88 bits per heavy atom. The Morgan fingerprint density at radius 1 is 1.24 bits per heavy atom. The van der Waals surface area contributed by atoms with Crippen molar-refractivity contribution in [3.05, 3.63) is 29.8 Å². The van der Waals surface area contributed by atoms with Gasteiger partial charge in [-0.15, -0.1) is 0 Å². The standard InChI is InChI=1S/C17H24N2O5S/c1-12-7-13(2)10-19(9-12)16(20)11-24-17(21)14-5-4-6-15(8-14)25(22,23)18-3/h4-6,8,12-13,18H,7,9-11H2,1-3H3/t12-,13-/m0/s1. The molecule has 0 saturated carbocycles. The van der Waals surface area contributed by atoms with Crippen molar-refractivity contribution < 1.29 is 22.7 Å². The van der Waals surface area contributed by atoms with Crippen LogP contribution in [0.4, 0.5) is 0 Å². The molecule has 0 radical (unpaired) electrons. The van der Waals surface area contributed by atoms with Crippen LogP contribution in [0.25, 0.3) is 0 Å². The topological polar surface area (TPSA) is 92.8 Å². The number of carbonyl (C=O) groups excluding carboxylic acids is 2. The number of likely N-dealkylation sites (tertiary alicyclic amines) is 1. The van der Waals surface area contributed by atoms with Gasteiger partial charge in [0.2, 0.25) is 10.0 Å². The molecule has 1 amide bonds. The normalized spacial score (nSPS) is 21.0. The van der Waals surface area contributed by atoms with Gasteiger partial charge in [-0.25, -0.2) is 17.9 Å². The van der Waals surface area contributed by atoms with Gasteiger partial charge in [0.15, 0.2) is 6.61 Å². The second-order valence-corrected chi connectivity index (χ2v) is 8.44. The monoisotopic (exact) mass is 368 g/mol. The molecule has 0 unspecified atom stereocenters. The molecule has 2 rings (SSSR count). The van der Waals surface area contributed by atoms with Crippen molar-refractivity contribution >= 4 is 21.9 Å². The van der Waals surface area contributed by atoms with Crippen molar-refractivity contribution in [1.29, 1.82) is 0 Å². The Morgan fingerprint density at radius 3 is 2.48 bits per heavy atom. The Balaban J connectivity index is 1.98. The van der Waals surface area contributed by atoms with Gasteiger partial charge in [0.1, 0.15) is 0 Å². The third kappa shape index (κ3) is 5.02. The first-order chi connectivity index (χ1) is 11.7. The number of carbonyl (C=O) groups is 2. The maximum absolute atomic E-state index is 12.2. The summed E-state index contributed by atoms with van der Waals surface area (Å²) in [7, 11) is -2.36. The van der Waals surface area contributed by atoms with Crippen LogP contribution in [0.3, 0.4) is 0 Å². The fourth-order valence-electron chi connectivity index (χ4n) is 3.08. The van der Waals surface area contributed by atoms with Crippen LogP contribution in [0.2, 0.25) is 0 Å². The van der Waals surface area contributed by atoms with E-state index in [1.807, 2.05) is 0 Å². The van der Waals surface area contributed by atoms with Gasteiger partial charge in [0.05, 0.1) is 10.5 Å². The van der Waals surface area contributed by atoms with E-state index in [0.29, 0.717) is 24.9 Å². The number of sulfonamides is 1. The highest BCUT2D eigenvalue weighted by molar-refractivity contribution is 7.89. The predicted molar refractivity (Wildman–Crippen MR) is 92.5 cm³/mol. The van der Waals surface area contributed by atoms with Crippen LogP contribution in [-0.4, -0.2) is 51.9 Å². The molecular formula is C17H24N2O5S. The largest absolute Gasteiger partial charge is 0.452 e. The molecule has 1 N–H and O–H groups in total. The summed E-state index contributed by atoms with van der Waals surface area (Å²) in [5.41, 5.74) is 0.0875. The van der Waals surface area contributed by atoms with Gasteiger partial charge >= 0.3 is 5.97 Å². The number of hydrogen-bond donors (Lipinski definition) is 1. The van der Waals surface area contributed by atoms with E-state index < -0.39 is 16.0 Å². The van der Waals surface area contributed by atoms with Crippen LogP contribution in [0.15, 0.2) is 29.2 Å². The van der Waals surface area contributed by atoms with Gasteiger partial charge in [-0.1, -0.05) is 19.9 Å². The molecule has 25 heavy (non-hydrogen) atoms. The SMILES string of the molecule is CNS(=O)(=O)c1cccc(C(=O)OCC(=O)N2C[C@@H](C)C[C@H](C)C2)c1. The molecule has 1 heterocycles. The first kappa shape index (κ1) is 19.4. The lowest BCUT2D eigenvalue weighted by molar-refractivity contribution is -0.137. The molecule has 0 bridgehead atoms. The molecule has 1 aliphatic rings. The number of hydrogen-bond acceptors (Lipinski definition) is 5. The summed E-state index contributed by atoms with van der Waals surface area (Å²) in [6, 6.07) is 5.51. The van der Waals surface area contributed by atoms with E-state index in [0.717, 1.165) is 6.42 Å². The van der Waals surface area contributed by atoms with Crippen molar-refractivity contribution in [3.63, 3.8) is 0 Å². The van der Waals surface area contributed by atoms with Crippen LogP contribution in [0, 0.1) is 11.8 Å². The highest BCUT2D eigenvalue weighted by Crippen LogP contribution is 2.21. The van der Waals surface area contributed by atoms with Crippen LogP contribution in [0.5, 0.6) is 0 Å². The zero-order chi connectivity index (χ0) is 18.6. The van der Waals surface area contributed by atoms with Crippen LogP contribution in [0.1, 0.15) is 30.6 Å². The first-order valence-electron chi connectivity index (χ1n) is 8.21. The number of amides is 1. The van der Waals surface area contributed by atoms with Crippen molar-refractivity contribution in [1.82, 2.24) is 9.62 Å². The van der Waals surface area contributed by atoms with Crippen LogP contribution in [-0.2, 0) is 19.6 Å². The van der Waals surface area contributed by atoms with E-state index in [9.17, 15) is 18.0 Å². The molecule has 1 saturated heterocycles. The van der Waals surface area contributed by atoms with Crippen molar-refractivity contribution in [2.45, 2.75) is 25.2 Å². The van der Waals surface area contributed by atoms with E-state index in [1.54, 1.807) is 4.90 Å². The average Bonchev–Trinajstić information content (AvgIpc) is 2.58. The smallest absolute Gasteiger partial charge is 0.338 e. The molecule has 7 nitrogen and oxygen atoms in total. The summed E-state index contributed by atoms with van der Waals surface area (Å²) < 4.78 is 30.8. The minimum atomic E-state index is -3.65. The molecule has 8 heteroatoms. The quantitative estimate of drug-likeness (QED) is 0.790. The molecule has 1 aromatic rings. The molecule has 138 valence electrons. The first-order valence-corrected chi connectivity index (χ1v) is 9.69. The number of benzene rings is 1. The lowest BCUT2D eigenvalue weighted by Gasteiger charge is -2.34. The fraction of sp³-hybridized carbons (Fsp3) is 0.529. The average molecular weight is 368 g/mol. The molecule has 2 atom stereocenters. The summed E-state index contributed by atoms with van der Waals surface area (Å²) in [6.45, 7) is 5.17. The lowest BCUT2D eigenvalue weighted by Crippen LogP contribution is -2.44. The fourth-order valence-corrected chi connectivity index (χ4v) is 3.85. The van der Waals surface area contributed by atoms with E-state index in [1.165, 1.54) is 31.3 Å². The molecule has 0 spiro atoms. The summed E-state index contributed by atoms with van der Waals surface area (Å²) in [4.78, 5) is 26.0. The highest BCUT2D eigenvalue weighted by atomic mass is 32.2. The summed E-state index contributed by atoms with van der Waals surface area (Å²) >= 11 is 0. The van der Waals surface area contributed by atoms with Gasteiger partial charge in [-0.05, 0) is 43.5 Å². The molecular weight excluding hydrogens is 344 g/mol. The van der Waals surface area contributed by atoms with Gasteiger partial charge < -0.3 is 9.64 Å². The number of nitrogens with zero attached hydrogens (tertiary/aromatic N) is 1. The van der Waals surface area contributed by atoms with Crippen LogP contribution >= 0.6 is 0 Å². The zero-order valence-corrected chi connectivity index (χ0v) is 15.5. The Hall–Kier alpha value is -1.93. The third-order valence-corrected chi connectivity index (χ3v) is 5.61. The number of piperidine rings is 1. The van der Waals surface area contributed by atoms with Crippen molar-refractivity contribution in [3.8, 4) is 0 Å². The van der Waals surface area contributed by atoms with E-state index >= 15 is 0 Å². The Kier molecular flexibility index (Phi) is 6.18. The Labute approximate surface area is 148 Å². The van der Waals surface area contributed by atoms with Crippen LogP contribution < -0.4 is 4.72 Å². The maximum Gasteiger partial charge on any atom is 0.338 e. The van der Waals surface area contributed by atoms with E-state index in [-0.39, 0.29) is 23.0 Å². The minimum Gasteiger partial charge on any atom is -0.452 e. The molecule has 1 fully saturated rings. The molecule has 0 aliphatic carbocycles. The number of nitrogens with one attached hydrogen (secondary N) is 1. The maximum atomic E-state index is 12.2. The zero-order valence-electron chi connectivity index (χ0n) is 14.7. The van der Waals surface area contributed by atoms with E-state index in [4.69, 9.17) is 4.74 Å². The second kappa shape index (κ2) is 7.97. The van der Waals surface area contributed by atoms with Gasteiger partial charge in [-0.3, -0.25) is 4.79 Å². The number of esters is 1.